The van der Waals surface area contributed by atoms with Crippen LogP contribution in [0.2, 0.25) is 0 Å². The first-order chi connectivity index (χ1) is 11.5. The average Bonchev–Trinajstić information content (AvgIpc) is 3.05. The molecule has 0 unspecified atom stereocenters. The SMILES string of the molecule is Cc1ccc(N)cc1C(=O)Nc1ccc(OC2CCCC2)c(F)c1.Cl. The third-order valence-corrected chi connectivity index (χ3v) is 4.29. The van der Waals surface area contributed by atoms with Gasteiger partial charge in [0.05, 0.1) is 6.10 Å². The molecule has 6 heteroatoms. The molecule has 134 valence electrons. The van der Waals surface area contributed by atoms with Gasteiger partial charge in [-0.1, -0.05) is 6.07 Å². The van der Waals surface area contributed by atoms with Crippen LogP contribution >= 0.6 is 12.4 Å². The summed E-state index contributed by atoms with van der Waals surface area (Å²) in [4.78, 5) is 12.3. The van der Waals surface area contributed by atoms with Gasteiger partial charge in [-0.15, -0.1) is 12.4 Å². The van der Waals surface area contributed by atoms with E-state index in [9.17, 15) is 9.18 Å². The first kappa shape index (κ1) is 19.1. The van der Waals surface area contributed by atoms with Gasteiger partial charge in [-0.25, -0.2) is 4.39 Å². The molecule has 0 radical (unpaired) electrons. The second-order valence-corrected chi connectivity index (χ2v) is 6.20. The molecule has 2 aromatic rings. The van der Waals surface area contributed by atoms with E-state index in [0.29, 0.717) is 16.9 Å². The summed E-state index contributed by atoms with van der Waals surface area (Å²) in [6.07, 6.45) is 4.27. The fraction of sp³-hybridized carbons (Fsp3) is 0.316. The lowest BCUT2D eigenvalue weighted by Gasteiger charge is -2.14. The maximum atomic E-state index is 14.2. The summed E-state index contributed by atoms with van der Waals surface area (Å²) in [7, 11) is 0. The Hall–Kier alpha value is -2.27. The van der Waals surface area contributed by atoms with Gasteiger partial charge in [0, 0.05) is 23.0 Å². The monoisotopic (exact) mass is 364 g/mol. The van der Waals surface area contributed by atoms with Crippen molar-refractivity contribution in [3.8, 4) is 5.75 Å². The van der Waals surface area contributed by atoms with Crippen LogP contribution in [0.3, 0.4) is 0 Å². The molecule has 0 saturated heterocycles. The fourth-order valence-corrected chi connectivity index (χ4v) is 2.94. The molecule has 3 rings (SSSR count). The molecule has 0 aliphatic heterocycles. The van der Waals surface area contributed by atoms with Crippen molar-refractivity contribution in [1.29, 1.82) is 0 Å². The Labute approximate surface area is 153 Å². The topological polar surface area (TPSA) is 64.4 Å². The minimum absolute atomic E-state index is 0. The summed E-state index contributed by atoms with van der Waals surface area (Å²) in [5.74, 6) is -0.548. The molecule has 0 atom stereocenters. The van der Waals surface area contributed by atoms with Gasteiger partial charge in [-0.05, 0) is 62.4 Å². The summed E-state index contributed by atoms with van der Waals surface area (Å²) < 4.78 is 19.9. The van der Waals surface area contributed by atoms with Crippen LogP contribution in [0.1, 0.15) is 41.6 Å². The van der Waals surface area contributed by atoms with E-state index in [-0.39, 0.29) is 30.2 Å². The molecule has 0 aromatic heterocycles. The second-order valence-electron chi connectivity index (χ2n) is 6.20. The van der Waals surface area contributed by atoms with Crippen molar-refractivity contribution in [2.75, 3.05) is 11.1 Å². The number of halogens is 2. The van der Waals surface area contributed by atoms with Crippen LogP contribution in [-0.2, 0) is 0 Å². The molecule has 1 fully saturated rings. The Bertz CT molecular complexity index is 761. The van der Waals surface area contributed by atoms with Gasteiger partial charge >= 0.3 is 0 Å². The standard InChI is InChI=1S/C19H21FN2O2.ClH/c1-12-6-7-13(21)10-16(12)19(23)22-14-8-9-18(17(20)11-14)24-15-4-2-3-5-15;/h6-11,15H,2-5,21H2,1H3,(H,22,23);1H. The van der Waals surface area contributed by atoms with Crippen LogP contribution < -0.4 is 15.8 Å². The third kappa shape index (κ3) is 4.63. The van der Waals surface area contributed by atoms with E-state index in [2.05, 4.69) is 5.32 Å². The van der Waals surface area contributed by atoms with E-state index in [0.717, 1.165) is 31.2 Å². The molecule has 25 heavy (non-hydrogen) atoms. The van der Waals surface area contributed by atoms with Gasteiger partial charge in [0.15, 0.2) is 11.6 Å². The van der Waals surface area contributed by atoms with Gasteiger partial charge < -0.3 is 15.8 Å². The quantitative estimate of drug-likeness (QED) is 0.772. The van der Waals surface area contributed by atoms with E-state index >= 15 is 0 Å². The molecule has 0 bridgehead atoms. The van der Waals surface area contributed by atoms with Crippen LogP contribution in [0.15, 0.2) is 36.4 Å². The van der Waals surface area contributed by atoms with E-state index < -0.39 is 5.82 Å². The normalized spacial score (nSPS) is 14.0. The number of nitrogens with one attached hydrogen (secondary N) is 1. The van der Waals surface area contributed by atoms with E-state index in [1.54, 1.807) is 30.3 Å². The Morgan fingerprint density at radius 2 is 1.92 bits per heavy atom. The average molecular weight is 365 g/mol. The summed E-state index contributed by atoms with van der Waals surface area (Å²) >= 11 is 0. The van der Waals surface area contributed by atoms with Crippen LogP contribution in [0.25, 0.3) is 0 Å². The Balaban J connectivity index is 0.00000225. The maximum Gasteiger partial charge on any atom is 0.256 e. The summed E-state index contributed by atoms with van der Waals surface area (Å²) in [5, 5.41) is 2.70. The van der Waals surface area contributed by atoms with Crippen LogP contribution in [-0.4, -0.2) is 12.0 Å². The highest BCUT2D eigenvalue weighted by atomic mass is 35.5. The maximum absolute atomic E-state index is 14.2. The van der Waals surface area contributed by atoms with Gasteiger partial charge in [0.2, 0.25) is 0 Å². The number of hydrogen-bond acceptors (Lipinski definition) is 3. The molecule has 3 N–H and O–H groups in total. The molecule has 2 aromatic carbocycles. The van der Waals surface area contributed by atoms with Crippen molar-refractivity contribution in [3.05, 3.63) is 53.3 Å². The number of ether oxygens (including phenoxy) is 1. The molecule has 4 nitrogen and oxygen atoms in total. The number of rotatable bonds is 4. The summed E-state index contributed by atoms with van der Waals surface area (Å²) in [5.41, 5.74) is 7.90. The highest BCUT2D eigenvalue weighted by molar-refractivity contribution is 6.05. The van der Waals surface area contributed by atoms with Gasteiger partial charge in [0.25, 0.3) is 5.91 Å². The van der Waals surface area contributed by atoms with Crippen molar-refractivity contribution in [2.24, 2.45) is 0 Å². The van der Waals surface area contributed by atoms with E-state index in [1.165, 1.54) is 6.07 Å². The Morgan fingerprint density at radius 3 is 2.60 bits per heavy atom. The van der Waals surface area contributed by atoms with Crippen molar-refractivity contribution < 1.29 is 13.9 Å². The fourth-order valence-electron chi connectivity index (χ4n) is 2.94. The zero-order chi connectivity index (χ0) is 17.1. The molecule has 0 spiro atoms. The predicted molar refractivity (Wildman–Crippen MR) is 100 cm³/mol. The minimum Gasteiger partial charge on any atom is -0.487 e. The lowest BCUT2D eigenvalue weighted by atomic mass is 10.1. The molecule has 1 saturated carbocycles. The smallest absolute Gasteiger partial charge is 0.256 e. The van der Waals surface area contributed by atoms with E-state index in [4.69, 9.17) is 10.5 Å². The molecule has 0 heterocycles. The molecule has 1 amide bonds. The number of nitrogen functional groups attached to an aromatic ring is 1. The molecular formula is C19H22ClFN2O2. The number of nitrogens with two attached hydrogens (primary N) is 1. The summed E-state index contributed by atoms with van der Waals surface area (Å²) in [6.45, 7) is 1.83. The highest BCUT2D eigenvalue weighted by Gasteiger charge is 2.18. The molecular weight excluding hydrogens is 343 g/mol. The lowest BCUT2D eigenvalue weighted by Crippen LogP contribution is -2.15. The minimum atomic E-state index is -0.469. The van der Waals surface area contributed by atoms with Crippen molar-refractivity contribution in [3.63, 3.8) is 0 Å². The summed E-state index contributed by atoms with van der Waals surface area (Å²) in [6, 6.07) is 9.62. The lowest BCUT2D eigenvalue weighted by molar-refractivity contribution is 0.102. The van der Waals surface area contributed by atoms with Crippen LogP contribution in [0.4, 0.5) is 15.8 Å². The molecule has 1 aliphatic rings. The molecule has 1 aliphatic carbocycles. The van der Waals surface area contributed by atoms with Gasteiger partial charge in [0.1, 0.15) is 0 Å². The number of benzene rings is 2. The Kier molecular flexibility index (Phi) is 6.26. The van der Waals surface area contributed by atoms with Crippen LogP contribution in [0.5, 0.6) is 5.75 Å². The Morgan fingerprint density at radius 1 is 1.20 bits per heavy atom. The van der Waals surface area contributed by atoms with Crippen molar-refractivity contribution in [1.82, 2.24) is 0 Å². The number of aryl methyl sites for hydroxylation is 1. The zero-order valence-corrected chi connectivity index (χ0v) is 14.9. The first-order valence-corrected chi connectivity index (χ1v) is 8.16. The number of carbonyl (C=O) groups excluding carboxylic acids is 1. The first-order valence-electron chi connectivity index (χ1n) is 8.16. The number of anilines is 2. The van der Waals surface area contributed by atoms with E-state index in [1.807, 2.05) is 6.92 Å². The number of amides is 1. The van der Waals surface area contributed by atoms with Gasteiger partial charge in [-0.3, -0.25) is 4.79 Å². The third-order valence-electron chi connectivity index (χ3n) is 4.29. The van der Waals surface area contributed by atoms with Gasteiger partial charge in [-0.2, -0.15) is 0 Å². The largest absolute Gasteiger partial charge is 0.487 e. The predicted octanol–water partition coefficient (Wildman–Crippen LogP) is 4.71. The van der Waals surface area contributed by atoms with Crippen molar-refractivity contribution >= 4 is 29.7 Å². The van der Waals surface area contributed by atoms with Crippen LogP contribution in [0, 0.1) is 12.7 Å². The zero-order valence-electron chi connectivity index (χ0n) is 14.0. The number of carbonyl (C=O) groups is 1. The highest BCUT2D eigenvalue weighted by Crippen LogP contribution is 2.28. The number of hydrogen-bond donors (Lipinski definition) is 2. The second kappa shape index (κ2) is 8.21. The van der Waals surface area contributed by atoms with Crippen molar-refractivity contribution in [2.45, 2.75) is 38.7 Å².